The molecule has 6 rings (SSSR count). The lowest BCUT2D eigenvalue weighted by Gasteiger charge is -2.29. The number of nitrogens with zero attached hydrogens (tertiary/aromatic N) is 3. The Labute approximate surface area is 325 Å². The van der Waals surface area contributed by atoms with Crippen LogP contribution in [0.15, 0.2) is 67.0 Å². The van der Waals surface area contributed by atoms with Crippen molar-refractivity contribution >= 4 is 29.2 Å². The minimum absolute atomic E-state index is 0.0380. The number of halogens is 2. The normalized spacial score (nSPS) is 17.0. The van der Waals surface area contributed by atoms with E-state index in [4.69, 9.17) is 37.4 Å². The number of benzene rings is 3. The van der Waals surface area contributed by atoms with Crippen molar-refractivity contribution in [2.45, 2.75) is 76.5 Å². The van der Waals surface area contributed by atoms with Gasteiger partial charge in [-0.1, -0.05) is 53.5 Å². The lowest BCUT2D eigenvalue weighted by molar-refractivity contribution is -0.142. The molecule has 0 amide bonds. The second-order valence-corrected chi connectivity index (χ2v) is 14.5. The Hall–Kier alpha value is -4.41. The number of carboxylic acid groups (broad SMARTS) is 1. The van der Waals surface area contributed by atoms with E-state index in [0.29, 0.717) is 57.0 Å². The monoisotopic (exact) mass is 774 g/mol. The quantitative estimate of drug-likeness (QED) is 0.0896. The number of carboxylic acids is 1. The predicted molar refractivity (Wildman–Crippen MR) is 205 cm³/mol. The van der Waals surface area contributed by atoms with Crippen LogP contribution in [-0.2, 0) is 24.4 Å². The molecule has 1 fully saturated rings. The zero-order chi connectivity index (χ0) is 38.2. The van der Waals surface area contributed by atoms with Crippen LogP contribution >= 0.6 is 23.2 Å². The Morgan fingerprint density at radius 3 is 2.57 bits per heavy atom. The Morgan fingerprint density at radius 1 is 1.04 bits per heavy atom. The largest absolute Gasteiger partial charge is 0.492 e. The van der Waals surface area contributed by atoms with Gasteiger partial charge in [-0.2, -0.15) is 5.26 Å². The summed E-state index contributed by atoms with van der Waals surface area (Å²) < 4.78 is 18.9. The molecule has 0 bridgehead atoms. The number of aliphatic hydroxyl groups excluding tert-OH is 2. The van der Waals surface area contributed by atoms with E-state index in [1.54, 1.807) is 24.4 Å². The van der Waals surface area contributed by atoms with E-state index in [1.807, 2.05) is 30.3 Å². The van der Waals surface area contributed by atoms with Crippen LogP contribution in [0.1, 0.15) is 66.5 Å². The van der Waals surface area contributed by atoms with Gasteiger partial charge in [0.05, 0.1) is 34.4 Å². The van der Waals surface area contributed by atoms with Crippen molar-refractivity contribution in [2.24, 2.45) is 0 Å². The number of aliphatic carboxylic acids is 1. The van der Waals surface area contributed by atoms with E-state index in [2.05, 4.69) is 27.3 Å². The summed E-state index contributed by atoms with van der Waals surface area (Å²) in [5, 5.41) is 42.4. The minimum Gasteiger partial charge on any atom is -0.492 e. The molecule has 0 unspecified atom stereocenters. The number of likely N-dealkylation sites (tertiary alicyclic amines) is 1. The summed E-state index contributed by atoms with van der Waals surface area (Å²) in [5.74, 6) is 0.230. The van der Waals surface area contributed by atoms with E-state index in [-0.39, 0.29) is 25.4 Å². The second kappa shape index (κ2) is 18.3. The van der Waals surface area contributed by atoms with Crippen LogP contribution in [0.25, 0.3) is 11.1 Å². The molecule has 1 saturated heterocycles. The lowest BCUT2D eigenvalue weighted by Crippen LogP contribution is -2.44. The summed E-state index contributed by atoms with van der Waals surface area (Å²) in [5.41, 5.74) is 5.66. The molecule has 2 aliphatic rings. The van der Waals surface area contributed by atoms with Gasteiger partial charge in [0.15, 0.2) is 0 Å². The summed E-state index contributed by atoms with van der Waals surface area (Å²) in [6, 6.07) is 17.8. The molecule has 13 heteroatoms. The Balaban J connectivity index is 1.19. The number of ether oxygens (including phenoxy) is 3. The van der Waals surface area contributed by atoms with Gasteiger partial charge >= 0.3 is 5.97 Å². The predicted octanol–water partition coefficient (Wildman–Crippen LogP) is 6.72. The maximum absolute atomic E-state index is 11.7. The zero-order valence-electron chi connectivity index (χ0n) is 30.0. The fourth-order valence-corrected chi connectivity index (χ4v) is 7.51. The fraction of sp³-hybridized carbons (Fsp3) is 0.390. The van der Waals surface area contributed by atoms with Gasteiger partial charge in [-0.15, -0.1) is 0 Å². The van der Waals surface area contributed by atoms with Gasteiger partial charge < -0.3 is 34.4 Å². The summed E-state index contributed by atoms with van der Waals surface area (Å²) in [6.45, 7) is 4.78. The van der Waals surface area contributed by atoms with Crippen LogP contribution in [0, 0.1) is 11.3 Å². The molecule has 1 aliphatic carbocycles. The maximum Gasteiger partial charge on any atom is 0.323 e. The molecule has 0 radical (unpaired) electrons. The van der Waals surface area contributed by atoms with Gasteiger partial charge in [-0.05, 0) is 73.9 Å². The highest BCUT2D eigenvalue weighted by atomic mass is 35.5. The summed E-state index contributed by atoms with van der Waals surface area (Å²) in [7, 11) is 0. The van der Waals surface area contributed by atoms with Crippen LogP contribution in [0.3, 0.4) is 0 Å². The van der Waals surface area contributed by atoms with Gasteiger partial charge in [0.1, 0.15) is 42.1 Å². The van der Waals surface area contributed by atoms with E-state index < -0.39 is 18.1 Å². The van der Waals surface area contributed by atoms with Crippen molar-refractivity contribution in [3.8, 4) is 34.4 Å². The molecule has 3 aromatic carbocycles. The number of fused-ring (bicyclic) bond motifs is 1. The van der Waals surface area contributed by atoms with Crippen molar-refractivity contribution in [2.75, 3.05) is 26.2 Å². The van der Waals surface area contributed by atoms with Crippen LogP contribution in [-0.4, -0.2) is 75.7 Å². The highest BCUT2D eigenvalue weighted by Crippen LogP contribution is 2.45. The van der Waals surface area contributed by atoms with Gasteiger partial charge in [-0.3, -0.25) is 15.1 Å². The van der Waals surface area contributed by atoms with Gasteiger partial charge in [-0.25, -0.2) is 0 Å². The van der Waals surface area contributed by atoms with Gasteiger partial charge in [0.25, 0.3) is 0 Å². The lowest BCUT2D eigenvalue weighted by atomic mass is 9.96. The second-order valence-electron chi connectivity index (χ2n) is 13.7. The number of rotatable bonds is 16. The topological polar surface area (TPSA) is 157 Å². The highest BCUT2D eigenvalue weighted by Gasteiger charge is 2.29. The molecule has 3 atom stereocenters. The molecule has 0 spiro atoms. The van der Waals surface area contributed by atoms with Crippen LogP contribution in [0.4, 0.5) is 0 Å². The first-order valence-electron chi connectivity index (χ1n) is 18.1. The molecule has 4 N–H and O–H groups in total. The van der Waals surface area contributed by atoms with Gasteiger partial charge in [0, 0.05) is 61.3 Å². The van der Waals surface area contributed by atoms with Gasteiger partial charge in [0.2, 0.25) is 0 Å². The van der Waals surface area contributed by atoms with E-state index in [0.717, 1.165) is 67.6 Å². The van der Waals surface area contributed by atoms with Crippen LogP contribution in [0.5, 0.6) is 17.2 Å². The molecular formula is C41H44Cl2N4O7. The molecule has 1 aliphatic heterocycles. The van der Waals surface area contributed by atoms with E-state index >= 15 is 0 Å². The van der Waals surface area contributed by atoms with Crippen molar-refractivity contribution in [3.05, 3.63) is 105 Å². The molecule has 4 aromatic rings. The number of pyridine rings is 1. The first-order valence-corrected chi connectivity index (χ1v) is 18.9. The minimum atomic E-state index is -1.21. The maximum atomic E-state index is 11.7. The molecule has 1 aromatic heterocycles. The number of carbonyl (C=O) groups is 1. The van der Waals surface area contributed by atoms with Crippen molar-refractivity contribution in [1.82, 2.24) is 15.2 Å². The average molecular weight is 776 g/mol. The Kier molecular flexibility index (Phi) is 13.3. The number of aliphatic hydroxyl groups is 2. The fourth-order valence-electron chi connectivity index (χ4n) is 7.00. The molecular weight excluding hydrogens is 731 g/mol. The summed E-state index contributed by atoms with van der Waals surface area (Å²) in [4.78, 5) is 18.2. The number of nitriles is 1. The zero-order valence-corrected chi connectivity index (χ0v) is 31.5. The number of hydrogen-bond donors (Lipinski definition) is 4. The molecule has 0 saturated carbocycles. The summed E-state index contributed by atoms with van der Waals surface area (Å²) in [6.07, 6.45) is 5.36. The number of piperidine rings is 1. The number of aromatic nitrogens is 1. The van der Waals surface area contributed by atoms with E-state index in [1.165, 1.54) is 13.1 Å². The van der Waals surface area contributed by atoms with Crippen molar-refractivity contribution < 1.29 is 34.3 Å². The standard InChI is InChI=1S/C41H44Cl2N4O7/c1-25(48)40(41(50)51)46-23-28-18-34(42)38(19-37(28)53-24-27-17-26(20-44)21-45-22-27)54-35-10-9-31-30(5-2-6-32(31)35)33-7-3-8-36(39(33)43)52-16-4-13-47-14-11-29(49)12-15-47/h2-3,5-8,17-19,21-22,25,29,35,40,46,48-49H,4,9-16,23-24H2,1H3,(H,50,51)/t25-,35+,40+/m1/s1. The highest BCUT2D eigenvalue weighted by molar-refractivity contribution is 6.35. The Bertz CT molecular complexity index is 1980. The smallest absolute Gasteiger partial charge is 0.323 e. The number of nitrogens with one attached hydrogen (secondary N) is 1. The van der Waals surface area contributed by atoms with E-state index in [9.17, 15) is 25.4 Å². The molecule has 54 heavy (non-hydrogen) atoms. The first-order chi connectivity index (χ1) is 26.1. The third-order valence-corrected chi connectivity index (χ3v) is 10.6. The average Bonchev–Trinajstić information content (AvgIpc) is 3.58. The SMILES string of the molecule is C[C@@H](O)[C@H](NCc1cc(Cl)c(O[C@H]2CCc3c(-c4cccc(OCCCN5CCC(O)CC5)c4Cl)cccc32)cc1OCc1cncc(C#N)c1)C(=O)O. The summed E-state index contributed by atoms with van der Waals surface area (Å²) >= 11 is 13.8. The van der Waals surface area contributed by atoms with Crippen LogP contribution < -0.4 is 19.5 Å². The molecule has 11 nitrogen and oxygen atoms in total. The van der Waals surface area contributed by atoms with Crippen LogP contribution in [0.2, 0.25) is 10.0 Å². The third kappa shape index (κ3) is 9.63. The first kappa shape index (κ1) is 39.3. The Morgan fingerprint density at radius 2 is 1.81 bits per heavy atom. The number of hydrogen-bond acceptors (Lipinski definition) is 10. The molecule has 284 valence electrons. The third-order valence-electron chi connectivity index (χ3n) is 9.87. The van der Waals surface area contributed by atoms with Crippen molar-refractivity contribution in [3.63, 3.8) is 0 Å². The van der Waals surface area contributed by atoms with Crippen molar-refractivity contribution in [1.29, 1.82) is 5.26 Å². The molecule has 2 heterocycles.